The molecule has 1 N–H and O–H groups in total. The number of anilines is 1. The largest absolute Gasteiger partial charge is 0.355 e. The average molecular weight is 459 g/mol. The Morgan fingerprint density at radius 2 is 1.87 bits per heavy atom. The smallest absolute Gasteiger partial charge is 0.277 e. The molecule has 0 atom stereocenters. The molecule has 0 aliphatic heterocycles. The van der Waals surface area contributed by atoms with E-state index in [0.717, 1.165) is 11.3 Å². The summed E-state index contributed by atoms with van der Waals surface area (Å²) >= 11 is 12.1. The van der Waals surface area contributed by atoms with Crippen molar-refractivity contribution in [2.24, 2.45) is 0 Å². The molecule has 0 fully saturated rings. The first-order valence-corrected chi connectivity index (χ1v) is 10.1. The minimum absolute atomic E-state index is 0.103. The number of hydrogen-bond acceptors (Lipinski definition) is 4. The van der Waals surface area contributed by atoms with Gasteiger partial charge in [-0.25, -0.2) is 4.39 Å². The average Bonchev–Trinajstić information content (AvgIpc) is 3.31. The first kappa shape index (κ1) is 21.1. The third-order valence-electron chi connectivity index (χ3n) is 4.81. The lowest BCUT2D eigenvalue weighted by molar-refractivity contribution is 0.101. The summed E-state index contributed by atoms with van der Waals surface area (Å²) in [5, 5.41) is 12.1. The predicted octanol–water partition coefficient (Wildman–Crippen LogP) is 5.90. The number of nitrogens with one attached hydrogen (secondary N) is 1. The molecule has 1 amide bonds. The van der Waals surface area contributed by atoms with Crippen LogP contribution >= 0.6 is 23.2 Å². The quantitative estimate of drug-likeness (QED) is 0.403. The number of halogens is 3. The van der Waals surface area contributed by atoms with Gasteiger partial charge >= 0.3 is 0 Å². The number of rotatable bonds is 5. The fraction of sp³-hybridized carbons (Fsp3) is 0.136. The Morgan fingerprint density at radius 1 is 1.13 bits per heavy atom. The number of carbonyl (C=O) groups excluding carboxylic acids is 1. The van der Waals surface area contributed by atoms with E-state index in [4.69, 9.17) is 27.7 Å². The molecule has 0 bridgehead atoms. The van der Waals surface area contributed by atoms with Crippen LogP contribution in [0.2, 0.25) is 10.0 Å². The predicted molar refractivity (Wildman–Crippen MR) is 117 cm³/mol. The molecule has 0 unspecified atom stereocenters. The maximum absolute atomic E-state index is 13.1. The molecule has 158 valence electrons. The van der Waals surface area contributed by atoms with Crippen LogP contribution in [0, 0.1) is 19.7 Å². The van der Waals surface area contributed by atoms with Gasteiger partial charge in [0.15, 0.2) is 11.5 Å². The van der Waals surface area contributed by atoms with E-state index < -0.39 is 5.91 Å². The fourth-order valence-electron chi connectivity index (χ4n) is 3.17. The molecule has 4 aromatic rings. The van der Waals surface area contributed by atoms with Crippen molar-refractivity contribution in [1.29, 1.82) is 0 Å². The summed E-state index contributed by atoms with van der Waals surface area (Å²) in [5.74, 6) is -0.378. The number of aryl methyl sites for hydroxylation is 1. The zero-order valence-corrected chi connectivity index (χ0v) is 18.1. The maximum Gasteiger partial charge on any atom is 0.277 e. The minimum Gasteiger partial charge on any atom is -0.355 e. The molecule has 0 aliphatic carbocycles. The van der Waals surface area contributed by atoms with Crippen LogP contribution in [-0.2, 0) is 6.54 Å². The lowest BCUT2D eigenvalue weighted by Gasteiger charge is -2.06. The molecular weight excluding hydrogens is 442 g/mol. The summed E-state index contributed by atoms with van der Waals surface area (Å²) in [6.07, 6.45) is 0. The summed E-state index contributed by atoms with van der Waals surface area (Å²) in [6.45, 7) is 4.10. The SMILES string of the molecule is Cc1nn(Cc2ccc(F)cc2)c(C)c1NC(=O)c1cc(-c2ccc(Cl)cc2Cl)on1. The van der Waals surface area contributed by atoms with Gasteiger partial charge < -0.3 is 9.84 Å². The van der Waals surface area contributed by atoms with E-state index in [2.05, 4.69) is 15.6 Å². The topological polar surface area (TPSA) is 73.0 Å². The van der Waals surface area contributed by atoms with Gasteiger partial charge in [0.1, 0.15) is 5.82 Å². The van der Waals surface area contributed by atoms with Gasteiger partial charge in [-0.3, -0.25) is 9.48 Å². The zero-order valence-electron chi connectivity index (χ0n) is 16.6. The highest BCUT2D eigenvalue weighted by atomic mass is 35.5. The Balaban J connectivity index is 1.53. The first-order chi connectivity index (χ1) is 14.8. The zero-order chi connectivity index (χ0) is 22.1. The number of aromatic nitrogens is 3. The van der Waals surface area contributed by atoms with Crippen LogP contribution in [0.25, 0.3) is 11.3 Å². The van der Waals surface area contributed by atoms with Crippen LogP contribution in [0.1, 0.15) is 27.4 Å². The van der Waals surface area contributed by atoms with Gasteiger partial charge in [-0.1, -0.05) is 40.5 Å². The highest BCUT2D eigenvalue weighted by molar-refractivity contribution is 6.36. The molecule has 2 aromatic carbocycles. The van der Waals surface area contributed by atoms with E-state index in [9.17, 15) is 9.18 Å². The van der Waals surface area contributed by atoms with Crippen LogP contribution in [0.3, 0.4) is 0 Å². The molecule has 6 nitrogen and oxygen atoms in total. The van der Waals surface area contributed by atoms with Gasteiger partial charge in [0, 0.05) is 16.7 Å². The molecule has 2 heterocycles. The van der Waals surface area contributed by atoms with Crippen LogP contribution in [0.4, 0.5) is 10.1 Å². The standard InChI is InChI=1S/C22H17Cl2FN4O2/c1-12-21(13(2)29(27-12)11-14-3-6-16(25)7-4-14)26-22(30)19-10-20(31-28-19)17-8-5-15(23)9-18(17)24/h3-10H,11H2,1-2H3,(H,26,30). The molecule has 0 saturated heterocycles. The minimum atomic E-state index is -0.437. The van der Waals surface area contributed by atoms with Crippen molar-refractivity contribution in [3.63, 3.8) is 0 Å². The van der Waals surface area contributed by atoms with Crippen molar-refractivity contribution in [2.75, 3.05) is 5.32 Å². The second kappa shape index (κ2) is 8.53. The fourth-order valence-corrected chi connectivity index (χ4v) is 3.67. The normalized spacial score (nSPS) is 11.0. The van der Waals surface area contributed by atoms with Crippen molar-refractivity contribution in [3.8, 4) is 11.3 Å². The molecule has 31 heavy (non-hydrogen) atoms. The van der Waals surface area contributed by atoms with Crippen molar-refractivity contribution in [1.82, 2.24) is 14.9 Å². The number of hydrogen-bond donors (Lipinski definition) is 1. The summed E-state index contributed by atoms with van der Waals surface area (Å²) in [5.41, 5.74) is 3.58. The third-order valence-corrected chi connectivity index (χ3v) is 5.35. The van der Waals surface area contributed by atoms with E-state index in [1.54, 1.807) is 41.9 Å². The van der Waals surface area contributed by atoms with Gasteiger partial charge in [-0.15, -0.1) is 0 Å². The van der Waals surface area contributed by atoms with E-state index in [-0.39, 0.29) is 11.5 Å². The van der Waals surface area contributed by atoms with Gasteiger partial charge in [0.25, 0.3) is 5.91 Å². The first-order valence-electron chi connectivity index (χ1n) is 9.34. The lowest BCUT2D eigenvalue weighted by Crippen LogP contribution is -2.13. The Kier molecular flexibility index (Phi) is 5.80. The third kappa shape index (κ3) is 4.47. The Morgan fingerprint density at radius 3 is 2.58 bits per heavy atom. The van der Waals surface area contributed by atoms with Crippen LogP contribution < -0.4 is 5.32 Å². The monoisotopic (exact) mass is 458 g/mol. The van der Waals surface area contributed by atoms with E-state index in [1.807, 2.05) is 6.92 Å². The lowest BCUT2D eigenvalue weighted by atomic mass is 10.1. The molecule has 9 heteroatoms. The highest BCUT2D eigenvalue weighted by Crippen LogP contribution is 2.31. The van der Waals surface area contributed by atoms with Crippen molar-refractivity contribution < 1.29 is 13.7 Å². The van der Waals surface area contributed by atoms with Gasteiger partial charge in [-0.2, -0.15) is 5.10 Å². The van der Waals surface area contributed by atoms with Crippen molar-refractivity contribution in [2.45, 2.75) is 20.4 Å². The van der Waals surface area contributed by atoms with E-state index in [1.165, 1.54) is 18.2 Å². The van der Waals surface area contributed by atoms with Gasteiger partial charge in [-0.05, 0) is 49.7 Å². The van der Waals surface area contributed by atoms with E-state index in [0.29, 0.717) is 39.3 Å². The van der Waals surface area contributed by atoms with E-state index >= 15 is 0 Å². The maximum atomic E-state index is 13.1. The molecule has 2 aromatic heterocycles. The Hall–Kier alpha value is -3.16. The number of amides is 1. The van der Waals surface area contributed by atoms with Crippen molar-refractivity contribution >= 4 is 34.8 Å². The summed E-state index contributed by atoms with van der Waals surface area (Å²) in [7, 11) is 0. The van der Waals surface area contributed by atoms with Crippen LogP contribution in [0.15, 0.2) is 53.1 Å². The molecule has 0 aliphatic rings. The molecule has 0 saturated carbocycles. The van der Waals surface area contributed by atoms with Gasteiger partial charge in [0.2, 0.25) is 0 Å². The number of nitrogens with zero attached hydrogens (tertiary/aromatic N) is 3. The number of carbonyl (C=O) groups is 1. The summed E-state index contributed by atoms with van der Waals surface area (Å²) in [6, 6.07) is 12.7. The second-order valence-electron chi connectivity index (χ2n) is 6.98. The summed E-state index contributed by atoms with van der Waals surface area (Å²) in [4.78, 5) is 12.7. The molecule has 0 radical (unpaired) electrons. The van der Waals surface area contributed by atoms with Crippen LogP contribution in [0.5, 0.6) is 0 Å². The van der Waals surface area contributed by atoms with Gasteiger partial charge in [0.05, 0.1) is 28.6 Å². The highest BCUT2D eigenvalue weighted by Gasteiger charge is 2.19. The van der Waals surface area contributed by atoms with Crippen molar-refractivity contribution in [3.05, 3.63) is 87.0 Å². The van der Waals surface area contributed by atoms with Crippen LogP contribution in [-0.4, -0.2) is 20.8 Å². The Labute approximate surface area is 187 Å². The summed E-state index contributed by atoms with van der Waals surface area (Å²) < 4.78 is 20.2. The second-order valence-corrected chi connectivity index (χ2v) is 7.83. The number of benzene rings is 2. The molecular formula is C22H17Cl2FN4O2. The molecule has 0 spiro atoms. The molecule has 4 rings (SSSR count). The Bertz CT molecular complexity index is 1270.